The topological polar surface area (TPSA) is 83.5 Å². The molecule has 94 valence electrons. The molecular weight excluding hydrogens is 230 g/mol. The number of amides is 1. The number of rotatable bonds is 6. The van der Waals surface area contributed by atoms with E-state index in [9.17, 15) is 13.8 Å². The monoisotopic (exact) mass is 249 g/mol. The number of carboxylic acid groups (broad SMARTS) is 1. The van der Waals surface area contributed by atoms with Crippen molar-refractivity contribution >= 4 is 22.7 Å². The van der Waals surface area contributed by atoms with Crippen LogP contribution in [-0.4, -0.2) is 39.2 Å². The summed E-state index contributed by atoms with van der Waals surface area (Å²) in [6.45, 7) is 4.82. The third-order valence-corrected chi connectivity index (χ3v) is 3.40. The molecule has 0 aliphatic carbocycles. The van der Waals surface area contributed by atoms with Gasteiger partial charge in [0.2, 0.25) is 5.91 Å². The number of hydrogen-bond acceptors (Lipinski definition) is 3. The molecule has 0 aliphatic rings. The van der Waals surface area contributed by atoms with Crippen molar-refractivity contribution in [2.45, 2.75) is 26.8 Å². The van der Waals surface area contributed by atoms with E-state index in [-0.39, 0.29) is 11.9 Å². The lowest BCUT2D eigenvalue weighted by Crippen LogP contribution is -2.42. The van der Waals surface area contributed by atoms with Gasteiger partial charge in [-0.3, -0.25) is 13.8 Å². The average molecular weight is 249 g/mol. The van der Waals surface area contributed by atoms with Crippen LogP contribution in [0.5, 0.6) is 0 Å². The molecule has 5 nitrogen and oxygen atoms in total. The number of hydrogen-bond donors (Lipinski definition) is 2. The van der Waals surface area contributed by atoms with E-state index in [0.29, 0.717) is 5.75 Å². The fourth-order valence-electron chi connectivity index (χ4n) is 1.21. The SMILES string of the molecule is CC(CS(C)=O)NC(=O)C(C)C(C)C(=O)O. The molecule has 4 atom stereocenters. The van der Waals surface area contributed by atoms with Crippen molar-refractivity contribution in [2.24, 2.45) is 11.8 Å². The number of aliphatic carboxylic acids is 1. The maximum Gasteiger partial charge on any atom is 0.307 e. The van der Waals surface area contributed by atoms with Crippen LogP contribution in [0.4, 0.5) is 0 Å². The summed E-state index contributed by atoms with van der Waals surface area (Å²) in [4.78, 5) is 22.3. The van der Waals surface area contributed by atoms with E-state index in [4.69, 9.17) is 5.11 Å². The lowest BCUT2D eigenvalue weighted by atomic mass is 9.95. The van der Waals surface area contributed by atoms with Gasteiger partial charge in [-0.05, 0) is 6.92 Å². The van der Waals surface area contributed by atoms with Crippen molar-refractivity contribution in [2.75, 3.05) is 12.0 Å². The third kappa shape index (κ3) is 5.25. The van der Waals surface area contributed by atoms with Crippen LogP contribution >= 0.6 is 0 Å². The van der Waals surface area contributed by atoms with Crippen molar-refractivity contribution in [1.82, 2.24) is 5.32 Å². The van der Waals surface area contributed by atoms with E-state index in [1.807, 2.05) is 0 Å². The van der Waals surface area contributed by atoms with E-state index < -0.39 is 28.6 Å². The van der Waals surface area contributed by atoms with Gasteiger partial charge in [0.1, 0.15) is 0 Å². The fourth-order valence-corrected chi connectivity index (χ4v) is 2.00. The summed E-state index contributed by atoms with van der Waals surface area (Å²) < 4.78 is 10.9. The van der Waals surface area contributed by atoms with E-state index in [2.05, 4.69) is 5.32 Å². The average Bonchev–Trinajstić information content (AvgIpc) is 2.13. The van der Waals surface area contributed by atoms with Gasteiger partial charge in [-0.25, -0.2) is 0 Å². The lowest BCUT2D eigenvalue weighted by molar-refractivity contribution is -0.146. The molecule has 0 fully saturated rings. The second kappa shape index (κ2) is 6.62. The Morgan fingerprint density at radius 3 is 2.12 bits per heavy atom. The first-order valence-electron chi connectivity index (χ1n) is 5.09. The molecule has 0 saturated heterocycles. The van der Waals surface area contributed by atoms with Gasteiger partial charge in [-0.1, -0.05) is 13.8 Å². The number of carbonyl (C=O) groups is 2. The van der Waals surface area contributed by atoms with Gasteiger partial charge in [0.05, 0.1) is 5.92 Å². The fraction of sp³-hybridized carbons (Fsp3) is 0.800. The largest absolute Gasteiger partial charge is 0.481 e. The summed E-state index contributed by atoms with van der Waals surface area (Å²) >= 11 is 0. The summed E-state index contributed by atoms with van der Waals surface area (Å²) in [6.07, 6.45) is 1.56. The van der Waals surface area contributed by atoms with Gasteiger partial charge < -0.3 is 10.4 Å². The summed E-state index contributed by atoms with van der Waals surface area (Å²) in [5.41, 5.74) is 0. The Hall–Kier alpha value is -0.910. The molecule has 0 aromatic carbocycles. The minimum absolute atomic E-state index is 0.207. The molecule has 1 amide bonds. The number of nitrogens with one attached hydrogen (secondary N) is 1. The summed E-state index contributed by atoms with van der Waals surface area (Å²) in [5.74, 6) is -2.24. The van der Waals surface area contributed by atoms with Gasteiger partial charge >= 0.3 is 5.97 Å². The first-order valence-corrected chi connectivity index (χ1v) is 6.81. The Morgan fingerprint density at radius 2 is 1.75 bits per heavy atom. The van der Waals surface area contributed by atoms with Gasteiger partial charge in [0, 0.05) is 34.8 Å². The first kappa shape index (κ1) is 15.1. The van der Waals surface area contributed by atoms with E-state index in [1.165, 1.54) is 6.92 Å². The van der Waals surface area contributed by atoms with E-state index in [1.54, 1.807) is 20.1 Å². The quantitative estimate of drug-likeness (QED) is 0.705. The van der Waals surface area contributed by atoms with Crippen LogP contribution in [0.1, 0.15) is 20.8 Å². The van der Waals surface area contributed by atoms with E-state index >= 15 is 0 Å². The Bertz CT molecular complexity index is 293. The molecule has 16 heavy (non-hydrogen) atoms. The zero-order chi connectivity index (χ0) is 12.9. The lowest BCUT2D eigenvalue weighted by Gasteiger charge is -2.19. The van der Waals surface area contributed by atoms with Gasteiger partial charge in [0.15, 0.2) is 0 Å². The van der Waals surface area contributed by atoms with Crippen molar-refractivity contribution in [3.05, 3.63) is 0 Å². The Labute approximate surface area is 98.1 Å². The standard InChI is InChI=1S/C10H19NO4S/c1-6(5-16(4)15)11-9(12)7(2)8(3)10(13)14/h6-8H,5H2,1-4H3,(H,11,12)(H,13,14). The highest BCUT2D eigenvalue weighted by Gasteiger charge is 2.26. The Kier molecular flexibility index (Phi) is 6.25. The third-order valence-electron chi connectivity index (χ3n) is 2.43. The highest BCUT2D eigenvalue weighted by atomic mass is 32.2. The number of carbonyl (C=O) groups excluding carboxylic acids is 1. The zero-order valence-corrected chi connectivity index (χ0v) is 10.8. The molecule has 6 heteroatoms. The summed E-state index contributed by atoms with van der Waals surface area (Å²) in [5, 5.41) is 11.4. The Balaban J connectivity index is 4.25. The molecule has 0 aromatic heterocycles. The van der Waals surface area contributed by atoms with Crippen LogP contribution in [0.15, 0.2) is 0 Å². The normalized spacial score (nSPS) is 18.2. The molecule has 0 bridgehead atoms. The van der Waals surface area contributed by atoms with Gasteiger partial charge in [-0.2, -0.15) is 0 Å². The van der Waals surface area contributed by atoms with Crippen LogP contribution in [0.2, 0.25) is 0 Å². The molecule has 0 aliphatic heterocycles. The smallest absolute Gasteiger partial charge is 0.307 e. The second-order valence-corrected chi connectivity index (χ2v) is 5.54. The van der Waals surface area contributed by atoms with Crippen LogP contribution < -0.4 is 5.32 Å². The zero-order valence-electron chi connectivity index (χ0n) is 10.0. The predicted molar refractivity (Wildman–Crippen MR) is 62.5 cm³/mol. The van der Waals surface area contributed by atoms with Crippen LogP contribution in [0.25, 0.3) is 0 Å². The molecule has 0 heterocycles. The molecule has 0 spiro atoms. The maximum absolute atomic E-state index is 11.6. The van der Waals surface area contributed by atoms with Crippen LogP contribution in [0.3, 0.4) is 0 Å². The molecular formula is C10H19NO4S. The Morgan fingerprint density at radius 1 is 1.25 bits per heavy atom. The summed E-state index contributed by atoms with van der Waals surface area (Å²) in [6, 6.07) is -0.207. The van der Waals surface area contributed by atoms with Crippen LogP contribution in [0, 0.1) is 11.8 Å². The second-order valence-electron chi connectivity index (χ2n) is 4.07. The van der Waals surface area contributed by atoms with Gasteiger partial charge in [0.25, 0.3) is 0 Å². The highest BCUT2D eigenvalue weighted by molar-refractivity contribution is 7.84. The highest BCUT2D eigenvalue weighted by Crippen LogP contribution is 2.11. The van der Waals surface area contributed by atoms with Crippen molar-refractivity contribution in [3.63, 3.8) is 0 Å². The first-order chi connectivity index (χ1) is 7.25. The van der Waals surface area contributed by atoms with Crippen LogP contribution in [-0.2, 0) is 20.4 Å². The minimum atomic E-state index is -0.991. The van der Waals surface area contributed by atoms with Gasteiger partial charge in [-0.15, -0.1) is 0 Å². The van der Waals surface area contributed by atoms with Crippen molar-refractivity contribution < 1.29 is 18.9 Å². The van der Waals surface area contributed by atoms with Crippen molar-refractivity contribution in [3.8, 4) is 0 Å². The minimum Gasteiger partial charge on any atom is -0.481 e. The molecule has 2 N–H and O–H groups in total. The summed E-state index contributed by atoms with van der Waals surface area (Å²) in [7, 11) is -0.976. The molecule has 0 saturated carbocycles. The number of carboxylic acids is 1. The molecule has 0 rings (SSSR count). The van der Waals surface area contributed by atoms with Crippen molar-refractivity contribution in [1.29, 1.82) is 0 Å². The molecule has 0 radical (unpaired) electrons. The maximum atomic E-state index is 11.6. The molecule has 0 aromatic rings. The predicted octanol–water partition coefficient (Wildman–Crippen LogP) is 0.226. The molecule has 4 unspecified atom stereocenters. The van der Waals surface area contributed by atoms with E-state index in [0.717, 1.165) is 0 Å².